The van der Waals surface area contributed by atoms with Crippen LogP contribution in [0, 0.1) is 5.92 Å². The maximum Gasteiger partial charge on any atom is 0.241 e. The number of nitrogens with one attached hydrogen (secondary N) is 1. The van der Waals surface area contributed by atoms with E-state index in [2.05, 4.69) is 15.3 Å². The number of hydrogen-bond acceptors (Lipinski definition) is 6. The van der Waals surface area contributed by atoms with Crippen molar-refractivity contribution in [3.8, 4) is 17.0 Å². The zero-order valence-electron chi connectivity index (χ0n) is 13.9. The number of ether oxygens (including phenoxy) is 2. The van der Waals surface area contributed by atoms with Crippen molar-refractivity contribution in [2.75, 3.05) is 19.5 Å². The summed E-state index contributed by atoms with van der Waals surface area (Å²) in [6, 6.07) is 9.97. The molecule has 25 heavy (non-hydrogen) atoms. The molecule has 1 amide bonds. The number of carbonyl (C=O) groups excluding carboxylic acids is 1. The summed E-state index contributed by atoms with van der Waals surface area (Å²) in [5.41, 5.74) is 2.67. The Morgan fingerprint density at radius 2 is 2.08 bits per heavy atom. The van der Waals surface area contributed by atoms with E-state index in [4.69, 9.17) is 9.47 Å². The second-order valence-electron chi connectivity index (χ2n) is 5.85. The van der Waals surface area contributed by atoms with E-state index in [0.29, 0.717) is 16.5 Å². The molecule has 0 bridgehead atoms. The fourth-order valence-corrected chi connectivity index (χ4v) is 3.81. The molecule has 128 valence electrons. The second kappa shape index (κ2) is 6.42. The molecule has 2 heterocycles. The van der Waals surface area contributed by atoms with Gasteiger partial charge >= 0.3 is 0 Å². The van der Waals surface area contributed by atoms with Crippen molar-refractivity contribution in [3.05, 3.63) is 36.5 Å². The van der Waals surface area contributed by atoms with E-state index in [1.807, 2.05) is 30.3 Å². The smallest absolute Gasteiger partial charge is 0.241 e. The van der Waals surface area contributed by atoms with Crippen LogP contribution in [-0.2, 0) is 9.53 Å². The summed E-state index contributed by atoms with van der Waals surface area (Å²) in [6.07, 6.45) is 2.56. The van der Waals surface area contributed by atoms with Gasteiger partial charge in [0.2, 0.25) is 11.8 Å². The molecule has 3 aromatic rings. The van der Waals surface area contributed by atoms with Crippen molar-refractivity contribution >= 4 is 32.6 Å². The predicted octanol–water partition coefficient (Wildman–Crippen LogP) is 3.34. The van der Waals surface area contributed by atoms with Crippen LogP contribution in [0.1, 0.15) is 6.42 Å². The number of methoxy groups -OCH3 is 2. The summed E-state index contributed by atoms with van der Waals surface area (Å²) in [6.45, 7) is 0. The molecule has 0 aliphatic heterocycles. The molecule has 0 spiro atoms. The number of thiazole rings is 1. The average molecular weight is 355 g/mol. The van der Waals surface area contributed by atoms with Crippen LogP contribution in [0.2, 0.25) is 0 Å². The molecule has 0 radical (unpaired) electrons. The van der Waals surface area contributed by atoms with Crippen LogP contribution in [-0.4, -0.2) is 36.2 Å². The third kappa shape index (κ3) is 2.96. The van der Waals surface area contributed by atoms with Crippen molar-refractivity contribution in [2.24, 2.45) is 5.92 Å². The minimum Gasteiger partial charge on any atom is -0.479 e. The highest BCUT2D eigenvalue weighted by atomic mass is 32.1. The first-order chi connectivity index (χ1) is 12.2. The van der Waals surface area contributed by atoms with Crippen molar-refractivity contribution in [1.29, 1.82) is 0 Å². The molecule has 0 saturated heterocycles. The van der Waals surface area contributed by atoms with Gasteiger partial charge in [0.05, 0.1) is 23.8 Å². The Balaban J connectivity index is 1.72. The largest absolute Gasteiger partial charge is 0.479 e. The van der Waals surface area contributed by atoms with Gasteiger partial charge in [-0.1, -0.05) is 41.7 Å². The van der Waals surface area contributed by atoms with Gasteiger partial charge in [0.15, 0.2) is 5.13 Å². The number of pyridine rings is 1. The van der Waals surface area contributed by atoms with E-state index < -0.39 is 0 Å². The Kier molecular flexibility index (Phi) is 4.10. The van der Waals surface area contributed by atoms with Crippen LogP contribution >= 0.6 is 11.3 Å². The summed E-state index contributed by atoms with van der Waals surface area (Å²) >= 11 is 1.43. The van der Waals surface area contributed by atoms with Crippen LogP contribution in [0.15, 0.2) is 36.5 Å². The Morgan fingerprint density at radius 3 is 2.76 bits per heavy atom. The van der Waals surface area contributed by atoms with Crippen LogP contribution in [0.3, 0.4) is 0 Å². The summed E-state index contributed by atoms with van der Waals surface area (Å²) in [4.78, 5) is 21.1. The van der Waals surface area contributed by atoms with Gasteiger partial charge in [0.25, 0.3) is 0 Å². The SMILES string of the molecule is COc1ncc(-c2ccccc2)c2sc(NC(=O)[C@H]3C[C@@H]3OC)nc12. The van der Waals surface area contributed by atoms with Gasteiger partial charge in [0, 0.05) is 18.9 Å². The van der Waals surface area contributed by atoms with Crippen molar-refractivity contribution < 1.29 is 14.3 Å². The first-order valence-electron chi connectivity index (χ1n) is 7.94. The molecule has 0 unspecified atom stereocenters. The van der Waals surface area contributed by atoms with E-state index in [0.717, 1.165) is 22.2 Å². The van der Waals surface area contributed by atoms with Crippen molar-refractivity contribution in [1.82, 2.24) is 9.97 Å². The maximum absolute atomic E-state index is 12.3. The van der Waals surface area contributed by atoms with E-state index >= 15 is 0 Å². The topological polar surface area (TPSA) is 73.3 Å². The Bertz CT molecular complexity index is 926. The molecule has 2 atom stereocenters. The lowest BCUT2D eigenvalue weighted by Gasteiger charge is -2.04. The van der Waals surface area contributed by atoms with Gasteiger partial charge < -0.3 is 14.8 Å². The molecular weight excluding hydrogens is 338 g/mol. The lowest BCUT2D eigenvalue weighted by Crippen LogP contribution is -2.16. The van der Waals surface area contributed by atoms with Crippen LogP contribution in [0.4, 0.5) is 5.13 Å². The van der Waals surface area contributed by atoms with Gasteiger partial charge in [-0.2, -0.15) is 0 Å². The monoisotopic (exact) mass is 355 g/mol. The Hall–Kier alpha value is -2.51. The van der Waals surface area contributed by atoms with Crippen LogP contribution in [0.5, 0.6) is 5.88 Å². The first kappa shape index (κ1) is 16.0. The molecule has 1 fully saturated rings. The maximum atomic E-state index is 12.3. The van der Waals surface area contributed by atoms with Gasteiger partial charge in [0.1, 0.15) is 5.52 Å². The summed E-state index contributed by atoms with van der Waals surface area (Å²) in [5, 5.41) is 3.44. The van der Waals surface area contributed by atoms with Gasteiger partial charge in [-0.3, -0.25) is 4.79 Å². The summed E-state index contributed by atoms with van der Waals surface area (Å²) in [7, 11) is 3.19. The van der Waals surface area contributed by atoms with Gasteiger partial charge in [-0.25, -0.2) is 9.97 Å². The highest BCUT2D eigenvalue weighted by Gasteiger charge is 2.43. The standard InChI is InChI=1S/C18H17N3O3S/c1-23-13-8-11(13)16(22)21-18-20-14-15(25-18)12(9-19-17(14)24-2)10-6-4-3-5-7-10/h3-7,9,11,13H,8H2,1-2H3,(H,20,21,22)/t11-,13-/m0/s1. The summed E-state index contributed by atoms with van der Waals surface area (Å²) in [5.74, 6) is 0.303. The van der Waals surface area contributed by atoms with Crippen molar-refractivity contribution in [2.45, 2.75) is 12.5 Å². The fraction of sp³-hybridized carbons (Fsp3) is 0.278. The van der Waals surface area contributed by atoms with E-state index in [9.17, 15) is 4.79 Å². The average Bonchev–Trinajstić information content (AvgIpc) is 3.33. The zero-order valence-corrected chi connectivity index (χ0v) is 14.7. The molecule has 1 N–H and O–H groups in total. The van der Waals surface area contributed by atoms with Crippen molar-refractivity contribution in [3.63, 3.8) is 0 Å². The molecule has 1 aliphatic rings. The van der Waals surface area contributed by atoms with Crippen LogP contribution in [0.25, 0.3) is 21.3 Å². The molecule has 7 heteroatoms. The number of rotatable bonds is 5. The fourth-order valence-electron chi connectivity index (χ4n) is 2.82. The number of aromatic nitrogens is 2. The molecule has 4 rings (SSSR count). The van der Waals surface area contributed by atoms with E-state index in [1.54, 1.807) is 20.4 Å². The number of amides is 1. The normalized spacial score (nSPS) is 19.0. The Labute approximate surface area is 148 Å². The molecule has 6 nitrogen and oxygen atoms in total. The number of hydrogen-bond donors (Lipinski definition) is 1. The number of fused-ring (bicyclic) bond motifs is 1. The highest BCUT2D eigenvalue weighted by molar-refractivity contribution is 7.23. The minimum atomic E-state index is -0.0920. The number of benzene rings is 1. The minimum absolute atomic E-state index is 0.0189. The quantitative estimate of drug-likeness (QED) is 0.760. The molecular formula is C18H17N3O3S. The number of carbonyl (C=O) groups is 1. The predicted molar refractivity (Wildman–Crippen MR) is 96.9 cm³/mol. The first-order valence-corrected chi connectivity index (χ1v) is 8.75. The molecule has 1 aliphatic carbocycles. The second-order valence-corrected chi connectivity index (χ2v) is 6.85. The molecule has 1 aromatic carbocycles. The zero-order chi connectivity index (χ0) is 17.4. The molecule has 2 aromatic heterocycles. The lowest BCUT2D eigenvalue weighted by atomic mass is 10.1. The van der Waals surface area contributed by atoms with E-state index in [-0.39, 0.29) is 17.9 Å². The number of anilines is 1. The van der Waals surface area contributed by atoms with Gasteiger partial charge in [-0.05, 0) is 12.0 Å². The summed E-state index contributed by atoms with van der Waals surface area (Å²) < 4.78 is 11.5. The van der Waals surface area contributed by atoms with Gasteiger partial charge in [-0.15, -0.1) is 0 Å². The third-order valence-corrected chi connectivity index (χ3v) is 5.27. The third-order valence-electron chi connectivity index (χ3n) is 4.26. The van der Waals surface area contributed by atoms with Crippen LogP contribution < -0.4 is 10.1 Å². The lowest BCUT2D eigenvalue weighted by molar-refractivity contribution is -0.118. The van der Waals surface area contributed by atoms with E-state index in [1.165, 1.54) is 11.3 Å². The Morgan fingerprint density at radius 1 is 1.28 bits per heavy atom. The number of nitrogens with zero attached hydrogens (tertiary/aromatic N) is 2. The molecule has 1 saturated carbocycles. The highest BCUT2D eigenvalue weighted by Crippen LogP contribution is 2.39.